The Kier molecular flexibility index (Phi) is 3.65. The molecule has 0 radical (unpaired) electrons. The van der Waals surface area contributed by atoms with Crippen LogP contribution >= 0.6 is 0 Å². The third-order valence-electron chi connectivity index (χ3n) is 2.76. The number of nitro groups is 1. The Morgan fingerprint density at radius 1 is 1.29 bits per heavy atom. The molecule has 0 aliphatic heterocycles. The lowest BCUT2D eigenvalue weighted by Gasteiger charge is -2.08. The minimum Gasteiger partial charge on any atom is -0.477 e. The van der Waals surface area contributed by atoms with E-state index in [0.29, 0.717) is 0 Å². The van der Waals surface area contributed by atoms with E-state index in [4.69, 9.17) is 5.11 Å². The van der Waals surface area contributed by atoms with Gasteiger partial charge in [0.05, 0.1) is 11.5 Å². The molecule has 1 aromatic carbocycles. The van der Waals surface area contributed by atoms with Gasteiger partial charge in [0.25, 0.3) is 16.8 Å². The van der Waals surface area contributed by atoms with Crippen LogP contribution in [0, 0.1) is 10.1 Å². The minimum atomic E-state index is -1.48. The molecule has 0 fully saturated rings. The highest BCUT2D eigenvalue weighted by Crippen LogP contribution is 2.22. The number of nitrogens with one attached hydrogen (secondary N) is 1. The average Bonchev–Trinajstić information content (AvgIpc) is 2.42. The molecule has 0 saturated carbocycles. The van der Waals surface area contributed by atoms with E-state index in [1.807, 2.05) is 0 Å². The van der Waals surface area contributed by atoms with E-state index in [9.17, 15) is 24.5 Å². The van der Waals surface area contributed by atoms with Crippen LogP contribution in [-0.2, 0) is 6.54 Å². The zero-order chi connectivity index (χ0) is 15.6. The summed E-state index contributed by atoms with van der Waals surface area (Å²) in [6.45, 7) is -0.293. The van der Waals surface area contributed by atoms with Gasteiger partial charge in [0.15, 0.2) is 0 Å². The number of aromatic carboxylic acids is 1. The molecular weight excluding hydrogens is 282 g/mol. The van der Waals surface area contributed by atoms with Crippen LogP contribution in [0.5, 0.6) is 0 Å². The molecule has 0 spiro atoms. The molecule has 2 rings (SSSR count). The van der Waals surface area contributed by atoms with Crippen molar-refractivity contribution < 1.29 is 14.8 Å². The first-order chi connectivity index (χ1) is 9.90. The molecule has 1 heterocycles. The number of hydrogen-bond acceptors (Lipinski definition) is 5. The van der Waals surface area contributed by atoms with Crippen LogP contribution in [0.1, 0.15) is 15.9 Å². The molecule has 0 bridgehead atoms. The molecule has 0 amide bonds. The molecule has 9 heteroatoms. The van der Waals surface area contributed by atoms with Crippen molar-refractivity contribution in [1.82, 2.24) is 9.78 Å². The maximum absolute atomic E-state index is 11.6. The molecule has 0 unspecified atom stereocenters. The monoisotopic (exact) mass is 291 g/mol. The van der Waals surface area contributed by atoms with E-state index >= 15 is 0 Å². The van der Waals surface area contributed by atoms with E-state index in [1.165, 1.54) is 12.1 Å². The molecule has 0 aliphatic carbocycles. The fraction of sp³-hybridized carbons (Fsp3) is 0.0833. The van der Waals surface area contributed by atoms with Crippen LogP contribution in [0.15, 0.2) is 39.9 Å². The highest BCUT2D eigenvalue weighted by atomic mass is 16.6. The van der Waals surface area contributed by atoms with Gasteiger partial charge >= 0.3 is 5.97 Å². The first-order valence-corrected chi connectivity index (χ1v) is 5.70. The Bertz CT molecular complexity index is 835. The summed E-state index contributed by atoms with van der Waals surface area (Å²) in [6, 6.07) is 5.77. The maximum atomic E-state index is 11.6. The predicted molar refractivity (Wildman–Crippen MR) is 70.5 cm³/mol. The summed E-state index contributed by atoms with van der Waals surface area (Å²) in [7, 11) is 0. The second-order valence-corrected chi connectivity index (χ2v) is 4.11. The van der Waals surface area contributed by atoms with Gasteiger partial charge in [-0.3, -0.25) is 24.8 Å². The number of carboxylic acid groups (broad SMARTS) is 1. The lowest BCUT2D eigenvalue weighted by atomic mass is 10.1. The first-order valence-electron chi connectivity index (χ1n) is 5.70. The Labute approximate surface area is 116 Å². The highest BCUT2D eigenvalue weighted by molar-refractivity contribution is 5.94. The quantitative estimate of drug-likeness (QED) is 0.609. The number of rotatable bonds is 4. The summed E-state index contributed by atoms with van der Waals surface area (Å²) in [5.74, 6) is -1.48. The van der Waals surface area contributed by atoms with Crippen LogP contribution in [0.25, 0.3) is 0 Å². The number of hydrogen-bond donors (Lipinski definition) is 2. The fourth-order valence-corrected chi connectivity index (χ4v) is 1.87. The number of nitro benzene ring substituents is 1. The maximum Gasteiger partial charge on any atom is 0.343 e. The van der Waals surface area contributed by atoms with E-state index in [0.717, 1.165) is 22.9 Å². The number of aromatic nitrogens is 2. The molecule has 21 heavy (non-hydrogen) atoms. The number of carbonyl (C=O) groups is 1. The highest BCUT2D eigenvalue weighted by Gasteiger charge is 2.23. The van der Waals surface area contributed by atoms with Crippen LogP contribution in [0.3, 0.4) is 0 Å². The molecule has 0 saturated heterocycles. The Balaban J connectivity index is 2.59. The summed E-state index contributed by atoms with van der Waals surface area (Å²) in [5.41, 5.74) is -2.15. The smallest absolute Gasteiger partial charge is 0.343 e. The summed E-state index contributed by atoms with van der Waals surface area (Å²) in [6.07, 6.45) is 0. The summed E-state index contributed by atoms with van der Waals surface area (Å²) in [5, 5.41) is 22.2. The van der Waals surface area contributed by atoms with Gasteiger partial charge in [-0.25, -0.2) is 9.48 Å². The molecule has 108 valence electrons. The van der Waals surface area contributed by atoms with Crippen molar-refractivity contribution in [2.45, 2.75) is 6.54 Å². The standard InChI is InChI=1S/C12H9N3O6/c16-9-4-5-10(17)14(13-9)6-7-2-1-3-8(15(20)21)11(7)12(18)19/h1-5H,6H2,(H,13,16)(H,18,19). The van der Waals surface area contributed by atoms with E-state index in [1.54, 1.807) is 0 Å². The second kappa shape index (κ2) is 5.41. The van der Waals surface area contributed by atoms with Crippen molar-refractivity contribution in [2.75, 3.05) is 0 Å². The lowest BCUT2D eigenvalue weighted by molar-refractivity contribution is -0.385. The number of benzene rings is 1. The van der Waals surface area contributed by atoms with Gasteiger partial charge in [0, 0.05) is 18.2 Å². The zero-order valence-electron chi connectivity index (χ0n) is 10.5. The number of nitrogens with zero attached hydrogens (tertiary/aromatic N) is 2. The largest absolute Gasteiger partial charge is 0.477 e. The van der Waals surface area contributed by atoms with Crippen LogP contribution in [-0.4, -0.2) is 25.8 Å². The molecule has 0 aliphatic rings. The normalized spacial score (nSPS) is 10.3. The van der Waals surface area contributed by atoms with Crippen molar-refractivity contribution in [1.29, 1.82) is 0 Å². The molecule has 0 atom stereocenters. The summed E-state index contributed by atoms with van der Waals surface area (Å²) < 4.78 is 0.883. The summed E-state index contributed by atoms with van der Waals surface area (Å²) in [4.78, 5) is 44.1. The van der Waals surface area contributed by atoms with Crippen molar-refractivity contribution in [3.8, 4) is 0 Å². The Morgan fingerprint density at radius 3 is 2.62 bits per heavy atom. The van der Waals surface area contributed by atoms with E-state index in [2.05, 4.69) is 5.10 Å². The topological polar surface area (TPSA) is 135 Å². The van der Waals surface area contributed by atoms with Gasteiger partial charge in [-0.05, 0) is 5.56 Å². The third-order valence-corrected chi connectivity index (χ3v) is 2.76. The predicted octanol–water partition coefficient (Wildman–Crippen LogP) is 0.191. The van der Waals surface area contributed by atoms with Crippen molar-refractivity contribution in [2.24, 2.45) is 0 Å². The van der Waals surface area contributed by atoms with Crippen LogP contribution in [0.2, 0.25) is 0 Å². The van der Waals surface area contributed by atoms with Gasteiger partial charge < -0.3 is 5.11 Å². The Hall–Kier alpha value is -3.23. The fourth-order valence-electron chi connectivity index (χ4n) is 1.87. The van der Waals surface area contributed by atoms with Gasteiger partial charge in [-0.1, -0.05) is 12.1 Å². The van der Waals surface area contributed by atoms with Crippen molar-refractivity contribution >= 4 is 11.7 Å². The van der Waals surface area contributed by atoms with Crippen molar-refractivity contribution in [3.63, 3.8) is 0 Å². The SMILES string of the molecule is O=C(O)c1c(Cn2[nH]c(=O)ccc2=O)cccc1[N+](=O)[O-]. The van der Waals surface area contributed by atoms with Gasteiger partial charge in [-0.15, -0.1) is 0 Å². The molecule has 1 aromatic heterocycles. The van der Waals surface area contributed by atoms with Crippen LogP contribution in [0.4, 0.5) is 5.69 Å². The van der Waals surface area contributed by atoms with Crippen molar-refractivity contribution in [3.05, 3.63) is 72.3 Å². The second-order valence-electron chi connectivity index (χ2n) is 4.11. The number of H-pyrrole nitrogens is 1. The first kappa shape index (κ1) is 14.2. The molecule has 2 N–H and O–H groups in total. The van der Waals surface area contributed by atoms with Crippen LogP contribution < -0.4 is 11.1 Å². The van der Waals surface area contributed by atoms with Gasteiger partial charge in [0.1, 0.15) is 5.56 Å². The molecular formula is C12H9N3O6. The molecule has 9 nitrogen and oxygen atoms in total. The molecule has 2 aromatic rings. The van der Waals surface area contributed by atoms with Gasteiger partial charge in [-0.2, -0.15) is 0 Å². The number of aromatic amines is 1. The summed E-state index contributed by atoms with van der Waals surface area (Å²) >= 11 is 0. The van der Waals surface area contributed by atoms with E-state index < -0.39 is 33.3 Å². The zero-order valence-corrected chi connectivity index (χ0v) is 10.5. The number of carboxylic acids is 1. The third kappa shape index (κ3) is 2.86. The van der Waals surface area contributed by atoms with E-state index in [-0.39, 0.29) is 12.1 Å². The van der Waals surface area contributed by atoms with Gasteiger partial charge in [0.2, 0.25) is 0 Å². The lowest BCUT2D eigenvalue weighted by Crippen LogP contribution is -2.29. The average molecular weight is 291 g/mol. The Morgan fingerprint density at radius 2 is 2.00 bits per heavy atom. The minimum absolute atomic E-state index is 0.0423.